The molecule has 0 spiro atoms. The lowest BCUT2D eigenvalue weighted by Gasteiger charge is -2.32. The number of ether oxygens (including phenoxy) is 2. The van der Waals surface area contributed by atoms with Gasteiger partial charge in [0.15, 0.2) is 0 Å². The third-order valence-corrected chi connectivity index (χ3v) is 0.904. The fourth-order valence-electron chi connectivity index (χ4n) is 0.445. The van der Waals surface area contributed by atoms with Gasteiger partial charge in [-0.15, -0.1) is 0 Å². The van der Waals surface area contributed by atoms with Crippen LogP contribution in [0, 0.1) is 12.5 Å². The van der Waals surface area contributed by atoms with Crippen molar-refractivity contribution in [2.75, 3.05) is 13.2 Å². The highest BCUT2D eigenvalue weighted by Crippen LogP contribution is 2.16. The summed E-state index contributed by atoms with van der Waals surface area (Å²) in [6, 6.07) is 0. The Bertz CT molecular complexity index is 120. The van der Waals surface area contributed by atoms with Crippen LogP contribution < -0.4 is 0 Å². The molecule has 1 rings (SSSR count). The van der Waals surface area contributed by atoms with Gasteiger partial charge in [-0.2, -0.15) is 0 Å². The van der Waals surface area contributed by atoms with Gasteiger partial charge in [0.25, 0.3) is 5.79 Å². The Morgan fingerprint density at radius 2 is 2.38 bits per heavy atom. The summed E-state index contributed by atoms with van der Waals surface area (Å²) in [6.45, 7) is 0.356. The van der Waals surface area contributed by atoms with Gasteiger partial charge in [-0.05, 0) is 0 Å². The Morgan fingerprint density at radius 3 is 2.50 bits per heavy atom. The Kier molecular flexibility index (Phi) is 1.12. The quantitative estimate of drug-likeness (QED) is 0.362. The first-order valence-electron chi connectivity index (χ1n) is 2.20. The molecule has 1 saturated heterocycles. The Morgan fingerprint density at radius 1 is 1.75 bits per heavy atom. The maximum absolute atomic E-state index is 8.92. The molecule has 3 nitrogen and oxygen atoms in total. The third-order valence-electron chi connectivity index (χ3n) is 0.904. The lowest BCUT2D eigenvalue weighted by Crippen LogP contribution is -2.50. The minimum absolute atomic E-state index is 0.178. The SMILES string of the molecule is C#COC1(O)COC1. The van der Waals surface area contributed by atoms with Gasteiger partial charge in [0.2, 0.25) is 0 Å². The number of hydrogen-bond acceptors (Lipinski definition) is 3. The van der Waals surface area contributed by atoms with Crippen LogP contribution in [-0.2, 0) is 9.47 Å². The molecule has 44 valence electrons. The van der Waals surface area contributed by atoms with Gasteiger partial charge in [-0.3, -0.25) is 0 Å². The highest BCUT2D eigenvalue weighted by Gasteiger charge is 2.38. The van der Waals surface area contributed by atoms with E-state index in [2.05, 4.69) is 9.47 Å². The van der Waals surface area contributed by atoms with Crippen LogP contribution in [0.1, 0.15) is 0 Å². The molecule has 1 aliphatic heterocycles. The monoisotopic (exact) mass is 114 g/mol. The van der Waals surface area contributed by atoms with Crippen molar-refractivity contribution in [3.63, 3.8) is 0 Å². The van der Waals surface area contributed by atoms with Crippen LogP contribution in [0.2, 0.25) is 0 Å². The van der Waals surface area contributed by atoms with E-state index < -0.39 is 5.79 Å². The topological polar surface area (TPSA) is 38.7 Å². The van der Waals surface area contributed by atoms with Crippen LogP contribution in [0.15, 0.2) is 0 Å². The molecule has 0 amide bonds. The van der Waals surface area contributed by atoms with Gasteiger partial charge in [-0.1, -0.05) is 6.42 Å². The van der Waals surface area contributed by atoms with Crippen molar-refractivity contribution in [1.82, 2.24) is 0 Å². The summed E-state index contributed by atoms with van der Waals surface area (Å²) in [7, 11) is 0. The summed E-state index contributed by atoms with van der Waals surface area (Å²) in [5.74, 6) is -1.19. The van der Waals surface area contributed by atoms with Crippen molar-refractivity contribution in [2.24, 2.45) is 0 Å². The molecule has 0 bridgehead atoms. The number of aliphatic hydroxyl groups is 1. The van der Waals surface area contributed by atoms with E-state index in [9.17, 15) is 0 Å². The number of hydrogen-bond donors (Lipinski definition) is 1. The third kappa shape index (κ3) is 0.760. The molecule has 0 unspecified atom stereocenters. The van der Waals surface area contributed by atoms with Gasteiger partial charge >= 0.3 is 0 Å². The molecule has 1 aliphatic rings. The van der Waals surface area contributed by atoms with Crippen LogP contribution >= 0.6 is 0 Å². The molecule has 1 fully saturated rings. The first-order valence-corrected chi connectivity index (χ1v) is 2.20. The van der Waals surface area contributed by atoms with Crippen molar-refractivity contribution in [2.45, 2.75) is 5.79 Å². The summed E-state index contributed by atoms with van der Waals surface area (Å²) in [4.78, 5) is 0. The molecular formula is C5H6O3. The minimum Gasteiger partial charge on any atom is -0.407 e. The predicted octanol–water partition coefficient (Wildman–Crippen LogP) is -0.688. The molecule has 1 heterocycles. The van der Waals surface area contributed by atoms with E-state index in [1.165, 1.54) is 0 Å². The molecule has 3 heteroatoms. The molecular weight excluding hydrogens is 108 g/mol. The van der Waals surface area contributed by atoms with Crippen LogP contribution in [0.5, 0.6) is 0 Å². The lowest BCUT2D eigenvalue weighted by atomic mass is 10.2. The van der Waals surface area contributed by atoms with Crippen LogP contribution in [0.4, 0.5) is 0 Å². The lowest BCUT2D eigenvalue weighted by molar-refractivity contribution is -0.293. The summed E-state index contributed by atoms with van der Waals surface area (Å²) in [5, 5.41) is 8.92. The molecule has 0 radical (unpaired) electrons. The molecule has 0 saturated carbocycles. The van der Waals surface area contributed by atoms with Gasteiger partial charge in [0.05, 0.1) is 0 Å². The smallest absolute Gasteiger partial charge is 0.265 e. The Hall–Kier alpha value is -0.720. The minimum atomic E-state index is -1.19. The molecule has 0 aromatic carbocycles. The fourth-order valence-corrected chi connectivity index (χ4v) is 0.445. The normalized spacial score (nSPS) is 23.0. The number of rotatable bonds is 1. The second kappa shape index (κ2) is 1.66. The van der Waals surface area contributed by atoms with E-state index in [0.717, 1.165) is 0 Å². The summed E-state index contributed by atoms with van der Waals surface area (Å²) in [6.07, 6.45) is 6.62. The van der Waals surface area contributed by atoms with Crippen molar-refractivity contribution in [1.29, 1.82) is 0 Å². The van der Waals surface area contributed by atoms with Crippen LogP contribution in [-0.4, -0.2) is 24.1 Å². The number of terminal acetylenes is 1. The zero-order valence-electron chi connectivity index (χ0n) is 4.26. The Balaban J connectivity index is 2.33. The van der Waals surface area contributed by atoms with E-state index in [4.69, 9.17) is 11.5 Å². The maximum Gasteiger partial charge on any atom is 0.265 e. The van der Waals surface area contributed by atoms with Crippen molar-refractivity contribution < 1.29 is 14.6 Å². The zero-order valence-corrected chi connectivity index (χ0v) is 4.26. The highest BCUT2D eigenvalue weighted by atomic mass is 16.7. The standard InChI is InChI=1S/C5H6O3/c1-2-8-5(6)3-7-4-5/h1,6H,3-4H2. The second-order valence-electron chi connectivity index (χ2n) is 1.66. The fraction of sp³-hybridized carbons (Fsp3) is 0.600. The second-order valence-corrected chi connectivity index (χ2v) is 1.66. The average molecular weight is 114 g/mol. The average Bonchev–Trinajstić information content (AvgIpc) is 1.64. The maximum atomic E-state index is 8.92. The van der Waals surface area contributed by atoms with Gasteiger partial charge in [0.1, 0.15) is 19.3 Å². The van der Waals surface area contributed by atoms with Gasteiger partial charge < -0.3 is 14.6 Å². The van der Waals surface area contributed by atoms with E-state index in [-0.39, 0.29) is 13.2 Å². The van der Waals surface area contributed by atoms with Crippen molar-refractivity contribution >= 4 is 0 Å². The Labute approximate surface area is 47.2 Å². The van der Waals surface area contributed by atoms with E-state index in [0.29, 0.717) is 0 Å². The molecule has 0 aliphatic carbocycles. The van der Waals surface area contributed by atoms with Crippen LogP contribution in [0.25, 0.3) is 0 Å². The summed E-state index contributed by atoms with van der Waals surface area (Å²) in [5.41, 5.74) is 0. The summed E-state index contributed by atoms with van der Waals surface area (Å²) >= 11 is 0. The van der Waals surface area contributed by atoms with Gasteiger partial charge in [0, 0.05) is 0 Å². The van der Waals surface area contributed by atoms with Gasteiger partial charge in [-0.25, -0.2) is 0 Å². The van der Waals surface area contributed by atoms with Crippen molar-refractivity contribution in [3.05, 3.63) is 0 Å². The first kappa shape index (κ1) is 5.42. The van der Waals surface area contributed by atoms with E-state index in [1.807, 2.05) is 6.11 Å². The van der Waals surface area contributed by atoms with E-state index in [1.54, 1.807) is 0 Å². The highest BCUT2D eigenvalue weighted by molar-refractivity contribution is 4.81. The summed E-state index contributed by atoms with van der Waals surface area (Å²) < 4.78 is 9.04. The molecule has 0 atom stereocenters. The van der Waals surface area contributed by atoms with E-state index >= 15 is 0 Å². The van der Waals surface area contributed by atoms with Crippen molar-refractivity contribution in [3.8, 4) is 12.5 Å². The molecule has 0 aromatic heterocycles. The predicted molar refractivity (Wildman–Crippen MR) is 25.7 cm³/mol. The largest absolute Gasteiger partial charge is 0.407 e. The molecule has 1 N–H and O–H groups in total. The molecule has 8 heavy (non-hydrogen) atoms. The molecule has 0 aromatic rings. The van der Waals surface area contributed by atoms with Crippen LogP contribution in [0.3, 0.4) is 0 Å². The first-order chi connectivity index (χ1) is 3.77. The zero-order chi connectivity index (χ0) is 6.04.